The molecular weight excluding hydrogens is 176 g/mol. The summed E-state index contributed by atoms with van der Waals surface area (Å²) in [4.78, 5) is 4.13. The van der Waals surface area contributed by atoms with Gasteiger partial charge in [-0.25, -0.2) is 0 Å². The molecule has 0 aliphatic carbocycles. The van der Waals surface area contributed by atoms with Crippen molar-refractivity contribution in [1.82, 2.24) is 9.78 Å². The molecule has 0 fully saturated rings. The number of hydrogen-bond donors (Lipinski definition) is 1. The van der Waals surface area contributed by atoms with E-state index < -0.39 is 0 Å². The normalized spacial score (nSPS) is 12.1. The fourth-order valence-electron chi connectivity index (χ4n) is 1.38. The molecule has 0 bridgehead atoms. The average molecular weight is 194 g/mol. The summed E-state index contributed by atoms with van der Waals surface area (Å²) in [5.41, 5.74) is 7.71. The highest BCUT2D eigenvalue weighted by atomic mass is 15.3. The van der Waals surface area contributed by atoms with Gasteiger partial charge in [-0.2, -0.15) is 5.10 Å². The summed E-state index contributed by atoms with van der Waals surface area (Å²) < 4.78 is 2.01. The third-order valence-electron chi connectivity index (χ3n) is 1.99. The van der Waals surface area contributed by atoms with Crippen molar-refractivity contribution < 1.29 is 0 Å². The third-order valence-corrected chi connectivity index (χ3v) is 1.99. The van der Waals surface area contributed by atoms with Gasteiger partial charge in [-0.05, 0) is 33.3 Å². The van der Waals surface area contributed by atoms with Crippen LogP contribution in [0.1, 0.15) is 24.7 Å². The fraction of sp³-hybridized carbons (Fsp3) is 0.600. The van der Waals surface area contributed by atoms with Gasteiger partial charge in [-0.15, -0.1) is 0 Å². The monoisotopic (exact) mass is 194 g/mol. The molecule has 0 aliphatic heterocycles. The van der Waals surface area contributed by atoms with Crippen LogP contribution < -0.4 is 5.73 Å². The molecule has 0 aliphatic rings. The van der Waals surface area contributed by atoms with Crippen LogP contribution in [0.15, 0.2) is 11.1 Å². The first-order valence-corrected chi connectivity index (χ1v) is 4.87. The van der Waals surface area contributed by atoms with Crippen molar-refractivity contribution in [1.29, 1.82) is 0 Å². The Kier molecular flexibility index (Phi) is 3.68. The minimum atomic E-state index is 0.651. The van der Waals surface area contributed by atoms with Crippen LogP contribution in [0, 0.1) is 13.8 Å². The van der Waals surface area contributed by atoms with Crippen molar-refractivity contribution in [2.75, 3.05) is 6.54 Å². The number of nitrogens with zero attached hydrogens (tertiary/aromatic N) is 3. The maximum atomic E-state index is 5.43. The van der Waals surface area contributed by atoms with E-state index in [1.165, 1.54) is 5.69 Å². The minimum absolute atomic E-state index is 0.651. The molecule has 2 N–H and O–H groups in total. The van der Waals surface area contributed by atoms with E-state index in [9.17, 15) is 0 Å². The van der Waals surface area contributed by atoms with Gasteiger partial charge in [-0.1, -0.05) is 0 Å². The highest BCUT2D eigenvalue weighted by Crippen LogP contribution is 2.02. The van der Waals surface area contributed by atoms with Crippen molar-refractivity contribution in [2.45, 2.75) is 33.7 Å². The summed E-state index contributed by atoms with van der Waals surface area (Å²) in [6.07, 6.45) is 0.983. The largest absolute Gasteiger partial charge is 0.388 e. The quantitative estimate of drug-likeness (QED) is 0.446. The van der Waals surface area contributed by atoms with Crippen LogP contribution >= 0.6 is 0 Å². The number of aromatic nitrogens is 2. The van der Waals surface area contributed by atoms with Crippen molar-refractivity contribution in [3.63, 3.8) is 0 Å². The van der Waals surface area contributed by atoms with Crippen LogP contribution in [-0.2, 0) is 6.54 Å². The summed E-state index contributed by atoms with van der Waals surface area (Å²) in [5, 5.41) is 4.36. The van der Waals surface area contributed by atoms with Gasteiger partial charge in [0.15, 0.2) is 0 Å². The van der Waals surface area contributed by atoms with Gasteiger partial charge in [0.05, 0.1) is 11.5 Å². The third kappa shape index (κ3) is 3.20. The Morgan fingerprint density at radius 3 is 2.79 bits per heavy atom. The van der Waals surface area contributed by atoms with E-state index in [0.29, 0.717) is 5.84 Å². The lowest BCUT2D eigenvalue weighted by molar-refractivity contribution is 0.568. The summed E-state index contributed by atoms with van der Waals surface area (Å²) in [5.74, 6) is 0.651. The van der Waals surface area contributed by atoms with E-state index in [1.807, 2.05) is 18.5 Å². The molecule has 0 saturated carbocycles. The summed E-state index contributed by atoms with van der Waals surface area (Å²) >= 11 is 0. The van der Waals surface area contributed by atoms with Gasteiger partial charge in [0.25, 0.3) is 0 Å². The summed E-state index contributed by atoms with van der Waals surface area (Å²) in [6.45, 7) is 7.57. The molecule has 1 rings (SSSR count). The Morgan fingerprint density at radius 1 is 1.57 bits per heavy atom. The molecule has 1 heterocycles. The number of amidine groups is 1. The van der Waals surface area contributed by atoms with Crippen LogP contribution in [0.5, 0.6) is 0 Å². The molecule has 14 heavy (non-hydrogen) atoms. The van der Waals surface area contributed by atoms with Gasteiger partial charge in [-0.3, -0.25) is 9.67 Å². The zero-order valence-corrected chi connectivity index (χ0v) is 9.12. The second kappa shape index (κ2) is 4.79. The van der Waals surface area contributed by atoms with E-state index in [4.69, 9.17) is 5.73 Å². The van der Waals surface area contributed by atoms with Gasteiger partial charge in [0, 0.05) is 18.8 Å². The van der Waals surface area contributed by atoms with Gasteiger partial charge in [0.1, 0.15) is 0 Å². The van der Waals surface area contributed by atoms with Crippen LogP contribution in [0.3, 0.4) is 0 Å². The standard InChI is InChI=1S/C10H18N4/c1-8-7-9(2)14(13-8)6-4-5-12-10(3)11/h7H,4-6H2,1-3H3,(H2,11,12). The number of aryl methyl sites for hydroxylation is 3. The maximum Gasteiger partial charge on any atom is 0.0905 e. The minimum Gasteiger partial charge on any atom is -0.388 e. The lowest BCUT2D eigenvalue weighted by Gasteiger charge is -2.02. The Bertz CT molecular complexity index is 321. The van der Waals surface area contributed by atoms with Crippen molar-refractivity contribution in [3.05, 3.63) is 17.5 Å². The zero-order chi connectivity index (χ0) is 10.6. The van der Waals surface area contributed by atoms with Gasteiger partial charge in [0.2, 0.25) is 0 Å². The van der Waals surface area contributed by atoms with Crippen LogP contribution in [0.25, 0.3) is 0 Å². The average Bonchev–Trinajstić information content (AvgIpc) is 2.39. The van der Waals surface area contributed by atoms with Crippen molar-refractivity contribution in [2.24, 2.45) is 10.7 Å². The number of aliphatic imine (C=N–C) groups is 1. The van der Waals surface area contributed by atoms with Gasteiger partial charge < -0.3 is 5.73 Å². The lowest BCUT2D eigenvalue weighted by Crippen LogP contribution is -2.08. The Labute approximate surface area is 84.8 Å². The SMILES string of the molecule is CC(N)=NCCCn1nc(C)cc1C. The molecule has 78 valence electrons. The fourth-order valence-corrected chi connectivity index (χ4v) is 1.38. The summed E-state index contributed by atoms with van der Waals surface area (Å²) in [7, 11) is 0. The molecule has 1 aromatic rings. The first kappa shape index (κ1) is 10.8. The second-order valence-electron chi connectivity index (χ2n) is 3.53. The van der Waals surface area contributed by atoms with Gasteiger partial charge >= 0.3 is 0 Å². The molecule has 0 aromatic carbocycles. The Morgan fingerprint density at radius 2 is 2.29 bits per heavy atom. The first-order valence-electron chi connectivity index (χ1n) is 4.87. The molecule has 0 atom stereocenters. The van der Waals surface area contributed by atoms with E-state index in [-0.39, 0.29) is 0 Å². The van der Waals surface area contributed by atoms with E-state index in [2.05, 4.69) is 23.1 Å². The first-order chi connectivity index (χ1) is 6.59. The molecule has 1 aromatic heterocycles. The molecule has 4 nitrogen and oxygen atoms in total. The number of rotatable bonds is 4. The smallest absolute Gasteiger partial charge is 0.0905 e. The zero-order valence-electron chi connectivity index (χ0n) is 9.12. The summed E-state index contributed by atoms with van der Waals surface area (Å²) in [6, 6.07) is 2.08. The Hall–Kier alpha value is -1.32. The van der Waals surface area contributed by atoms with Crippen LogP contribution in [0.2, 0.25) is 0 Å². The second-order valence-corrected chi connectivity index (χ2v) is 3.53. The number of hydrogen-bond acceptors (Lipinski definition) is 2. The predicted octanol–water partition coefficient (Wildman–Crippen LogP) is 1.27. The molecular formula is C10H18N4. The predicted molar refractivity (Wildman–Crippen MR) is 58.5 cm³/mol. The Balaban J connectivity index is 2.38. The van der Waals surface area contributed by atoms with Crippen molar-refractivity contribution >= 4 is 5.84 Å². The van der Waals surface area contributed by atoms with E-state index in [1.54, 1.807) is 0 Å². The van der Waals surface area contributed by atoms with E-state index >= 15 is 0 Å². The van der Waals surface area contributed by atoms with Crippen LogP contribution in [0.4, 0.5) is 0 Å². The van der Waals surface area contributed by atoms with Crippen LogP contribution in [-0.4, -0.2) is 22.2 Å². The molecule has 0 radical (unpaired) electrons. The van der Waals surface area contributed by atoms with Crippen molar-refractivity contribution in [3.8, 4) is 0 Å². The lowest BCUT2D eigenvalue weighted by atomic mass is 10.4. The molecule has 0 spiro atoms. The maximum absolute atomic E-state index is 5.43. The topological polar surface area (TPSA) is 56.2 Å². The highest BCUT2D eigenvalue weighted by molar-refractivity contribution is 5.77. The number of nitrogens with two attached hydrogens (primary N) is 1. The molecule has 4 heteroatoms. The molecule has 0 amide bonds. The molecule has 0 saturated heterocycles. The highest BCUT2D eigenvalue weighted by Gasteiger charge is 1.99. The molecule has 0 unspecified atom stereocenters. The van der Waals surface area contributed by atoms with E-state index in [0.717, 1.165) is 25.2 Å².